The van der Waals surface area contributed by atoms with Gasteiger partial charge in [-0.1, -0.05) is 66.7 Å². The van der Waals surface area contributed by atoms with E-state index in [4.69, 9.17) is 9.47 Å². The predicted molar refractivity (Wildman–Crippen MR) is 114 cm³/mol. The largest absolute Gasteiger partial charge is 0.493 e. The van der Waals surface area contributed by atoms with E-state index in [1.807, 2.05) is 60.7 Å². The average molecular weight is 402 g/mol. The summed E-state index contributed by atoms with van der Waals surface area (Å²) in [6.45, 7) is 0. The molecule has 0 aliphatic carbocycles. The molecule has 3 aromatic rings. The van der Waals surface area contributed by atoms with E-state index in [0.717, 1.165) is 11.1 Å². The topological polar surface area (TPSA) is 61.8 Å². The fourth-order valence-electron chi connectivity index (χ4n) is 3.03. The van der Waals surface area contributed by atoms with Crippen LogP contribution in [0, 0.1) is 0 Å². The van der Waals surface area contributed by atoms with Gasteiger partial charge in [-0.25, -0.2) is 4.79 Å². The Labute approximate surface area is 175 Å². The zero-order chi connectivity index (χ0) is 21.3. The molecule has 0 unspecified atom stereocenters. The molecule has 0 spiro atoms. The molecule has 0 saturated carbocycles. The second kappa shape index (κ2) is 10.1. The van der Waals surface area contributed by atoms with Crippen LogP contribution < -0.4 is 9.47 Å². The Balaban J connectivity index is 1.89. The quantitative estimate of drug-likeness (QED) is 0.328. The van der Waals surface area contributed by atoms with E-state index in [1.54, 1.807) is 24.3 Å². The van der Waals surface area contributed by atoms with Crippen LogP contribution in [0.3, 0.4) is 0 Å². The number of carbonyl (C=O) groups is 2. The lowest BCUT2D eigenvalue weighted by Crippen LogP contribution is -2.20. The molecule has 0 radical (unpaired) electrons. The first-order chi connectivity index (χ1) is 14.6. The summed E-state index contributed by atoms with van der Waals surface area (Å²) in [5.41, 5.74) is 2.38. The van der Waals surface area contributed by atoms with Crippen LogP contribution >= 0.6 is 0 Å². The highest BCUT2D eigenvalue weighted by atomic mass is 16.6. The van der Waals surface area contributed by atoms with Crippen molar-refractivity contribution in [2.24, 2.45) is 0 Å². The van der Waals surface area contributed by atoms with Crippen molar-refractivity contribution in [1.82, 2.24) is 0 Å². The van der Waals surface area contributed by atoms with Crippen LogP contribution in [-0.4, -0.2) is 26.2 Å². The van der Waals surface area contributed by atoms with Crippen LogP contribution in [0.4, 0.5) is 0 Å². The van der Waals surface area contributed by atoms with Gasteiger partial charge in [0.05, 0.1) is 14.2 Å². The average Bonchev–Trinajstić information content (AvgIpc) is 2.79. The lowest BCUT2D eigenvalue weighted by atomic mass is 9.91. The van der Waals surface area contributed by atoms with Crippen molar-refractivity contribution in [3.63, 3.8) is 0 Å². The smallest absolute Gasteiger partial charge is 0.330 e. The Morgan fingerprint density at radius 2 is 1.40 bits per heavy atom. The summed E-state index contributed by atoms with van der Waals surface area (Å²) in [7, 11) is 2.80. The molecule has 0 heterocycles. The first-order valence-corrected chi connectivity index (χ1v) is 9.38. The Morgan fingerprint density at radius 1 is 0.800 bits per heavy atom. The zero-order valence-corrected chi connectivity index (χ0v) is 16.8. The van der Waals surface area contributed by atoms with E-state index in [-0.39, 0.29) is 0 Å². The van der Waals surface area contributed by atoms with Crippen LogP contribution in [0.5, 0.6) is 11.5 Å². The van der Waals surface area contributed by atoms with Crippen LogP contribution in [0.25, 0.3) is 6.08 Å². The summed E-state index contributed by atoms with van der Waals surface area (Å²) in [5.74, 6) is -0.762. The molecule has 0 atom stereocenters. The number of esters is 2. The van der Waals surface area contributed by atoms with Crippen molar-refractivity contribution in [2.45, 2.75) is 5.92 Å². The summed E-state index contributed by atoms with van der Waals surface area (Å²) < 4.78 is 15.7. The highest BCUT2D eigenvalue weighted by molar-refractivity contribution is 5.87. The van der Waals surface area contributed by atoms with Crippen LogP contribution in [-0.2, 0) is 14.3 Å². The monoisotopic (exact) mass is 402 g/mol. The van der Waals surface area contributed by atoms with E-state index < -0.39 is 17.9 Å². The summed E-state index contributed by atoms with van der Waals surface area (Å²) >= 11 is 0. The predicted octanol–water partition coefficient (Wildman–Crippen LogP) is 4.62. The molecule has 0 aliphatic rings. The van der Waals surface area contributed by atoms with E-state index in [1.165, 1.54) is 20.3 Å². The normalized spacial score (nSPS) is 10.8. The summed E-state index contributed by atoms with van der Waals surface area (Å²) in [6, 6.07) is 24.0. The minimum absolute atomic E-state index is 0.301. The van der Waals surface area contributed by atoms with E-state index in [9.17, 15) is 9.59 Å². The Morgan fingerprint density at radius 3 is 1.93 bits per heavy atom. The number of hydrogen-bond acceptors (Lipinski definition) is 5. The lowest BCUT2D eigenvalue weighted by molar-refractivity contribution is -0.135. The Kier molecular flexibility index (Phi) is 7.00. The molecule has 0 aliphatic heterocycles. The SMILES string of the molecule is COC(=O)/C=C/c1ccc(OC(=O)C(c2ccccc2)c2ccccc2)c(OC)c1. The second-order valence-electron chi connectivity index (χ2n) is 6.44. The number of ether oxygens (including phenoxy) is 3. The van der Waals surface area contributed by atoms with Crippen LogP contribution in [0.1, 0.15) is 22.6 Å². The molecular weight excluding hydrogens is 380 g/mol. The van der Waals surface area contributed by atoms with Gasteiger partial charge in [-0.2, -0.15) is 0 Å². The van der Waals surface area contributed by atoms with Gasteiger partial charge in [-0.05, 0) is 34.9 Å². The summed E-state index contributed by atoms with van der Waals surface area (Å²) in [4.78, 5) is 24.5. The summed E-state index contributed by atoms with van der Waals surface area (Å²) in [6.07, 6.45) is 2.90. The van der Waals surface area contributed by atoms with Gasteiger partial charge in [0.1, 0.15) is 5.92 Å². The van der Waals surface area contributed by atoms with Gasteiger partial charge in [0.15, 0.2) is 11.5 Å². The molecule has 0 aromatic heterocycles. The van der Waals surface area contributed by atoms with Gasteiger partial charge in [0.25, 0.3) is 0 Å². The molecule has 30 heavy (non-hydrogen) atoms. The van der Waals surface area contributed by atoms with E-state index in [0.29, 0.717) is 17.1 Å². The maximum Gasteiger partial charge on any atom is 0.330 e. The fourth-order valence-corrected chi connectivity index (χ4v) is 3.03. The van der Waals surface area contributed by atoms with Crippen molar-refractivity contribution in [3.8, 4) is 11.5 Å². The molecule has 3 aromatic carbocycles. The first-order valence-electron chi connectivity index (χ1n) is 9.38. The highest BCUT2D eigenvalue weighted by Crippen LogP contribution is 2.32. The maximum absolute atomic E-state index is 13.2. The Bertz CT molecular complexity index is 986. The molecule has 0 fully saturated rings. The molecule has 5 heteroatoms. The number of carbonyl (C=O) groups excluding carboxylic acids is 2. The minimum Gasteiger partial charge on any atom is -0.493 e. The highest BCUT2D eigenvalue weighted by Gasteiger charge is 2.25. The second-order valence-corrected chi connectivity index (χ2v) is 6.44. The molecule has 152 valence electrons. The van der Waals surface area contributed by atoms with Crippen LogP contribution in [0.2, 0.25) is 0 Å². The van der Waals surface area contributed by atoms with Gasteiger partial charge in [-0.15, -0.1) is 0 Å². The zero-order valence-electron chi connectivity index (χ0n) is 16.8. The van der Waals surface area contributed by atoms with Gasteiger partial charge in [0.2, 0.25) is 0 Å². The van der Waals surface area contributed by atoms with Gasteiger partial charge >= 0.3 is 11.9 Å². The molecule has 0 bridgehead atoms. The van der Waals surface area contributed by atoms with Gasteiger partial charge in [0, 0.05) is 6.08 Å². The van der Waals surface area contributed by atoms with Crippen molar-refractivity contribution >= 4 is 18.0 Å². The molecule has 0 amide bonds. The van der Waals surface area contributed by atoms with Gasteiger partial charge < -0.3 is 14.2 Å². The molecule has 0 N–H and O–H groups in total. The number of benzene rings is 3. The van der Waals surface area contributed by atoms with Crippen molar-refractivity contribution in [1.29, 1.82) is 0 Å². The maximum atomic E-state index is 13.2. The van der Waals surface area contributed by atoms with E-state index in [2.05, 4.69) is 4.74 Å². The summed E-state index contributed by atoms with van der Waals surface area (Å²) in [5, 5.41) is 0. The van der Waals surface area contributed by atoms with Gasteiger partial charge in [-0.3, -0.25) is 4.79 Å². The van der Waals surface area contributed by atoms with Crippen molar-refractivity contribution in [3.05, 3.63) is 102 Å². The molecule has 0 saturated heterocycles. The third-order valence-electron chi connectivity index (χ3n) is 4.51. The number of hydrogen-bond donors (Lipinski definition) is 0. The molecule has 3 rings (SSSR count). The first kappa shape index (κ1) is 20.9. The standard InChI is InChI=1S/C25H22O5/c1-28-22-17-18(14-16-23(26)29-2)13-15-21(22)30-25(27)24(19-9-5-3-6-10-19)20-11-7-4-8-12-20/h3-17,24H,1-2H3/b16-14+. The number of rotatable bonds is 7. The van der Waals surface area contributed by atoms with Crippen molar-refractivity contribution < 1.29 is 23.8 Å². The number of methoxy groups -OCH3 is 2. The lowest BCUT2D eigenvalue weighted by Gasteiger charge is -2.18. The Hall–Kier alpha value is -3.86. The third kappa shape index (κ3) is 5.14. The third-order valence-corrected chi connectivity index (χ3v) is 4.51. The van der Waals surface area contributed by atoms with E-state index >= 15 is 0 Å². The fraction of sp³-hybridized carbons (Fsp3) is 0.120. The van der Waals surface area contributed by atoms with Crippen molar-refractivity contribution in [2.75, 3.05) is 14.2 Å². The minimum atomic E-state index is -0.573. The molecule has 5 nitrogen and oxygen atoms in total. The molecular formula is C25H22O5. The van der Waals surface area contributed by atoms with Crippen LogP contribution in [0.15, 0.2) is 84.9 Å².